The number of hydrogen-bond acceptors (Lipinski definition) is 5. The van der Waals surface area contributed by atoms with Crippen LogP contribution in [0.15, 0.2) is 70.2 Å². The Hall–Kier alpha value is -2.74. The van der Waals surface area contributed by atoms with Gasteiger partial charge in [-0.25, -0.2) is 4.98 Å². The number of benzene rings is 2. The number of hydrogen-bond donors (Lipinski definition) is 1. The summed E-state index contributed by atoms with van der Waals surface area (Å²) in [5.74, 6) is 1.61. The van der Waals surface area contributed by atoms with E-state index < -0.39 is 0 Å². The summed E-state index contributed by atoms with van der Waals surface area (Å²) in [7, 11) is 1.67. The van der Waals surface area contributed by atoms with Gasteiger partial charge < -0.3 is 19.0 Å². The molecule has 2 heterocycles. The Morgan fingerprint density at radius 2 is 1.97 bits per heavy atom. The third kappa shape index (κ3) is 5.31. The molecule has 0 aliphatic carbocycles. The van der Waals surface area contributed by atoms with Crippen molar-refractivity contribution in [2.24, 2.45) is 0 Å². The lowest BCUT2D eigenvalue weighted by Gasteiger charge is -2.08. The molecule has 0 radical (unpaired) electrons. The molecule has 1 amide bonds. The number of amides is 1. The number of nitrogens with zero attached hydrogens (tertiary/aromatic N) is 2. The standard InChI is InChI=1S/C23H22ClN3O3S/c1-29-13-12-27-20-5-3-2-4-19(20)26-23(27)31-15-22(28)25-14-18-10-11-21(30-18)16-6-8-17(24)9-7-16/h2-11H,12-15H2,1H3,(H,25,28). The van der Waals surface area contributed by atoms with E-state index >= 15 is 0 Å². The van der Waals surface area contributed by atoms with Gasteiger partial charge in [0.15, 0.2) is 5.16 Å². The second kappa shape index (κ2) is 10.0. The number of ether oxygens (including phenoxy) is 1. The molecule has 0 aliphatic heterocycles. The Balaban J connectivity index is 1.34. The molecule has 2 aromatic heterocycles. The van der Waals surface area contributed by atoms with Crippen molar-refractivity contribution in [3.8, 4) is 11.3 Å². The van der Waals surface area contributed by atoms with Crippen LogP contribution >= 0.6 is 23.4 Å². The fourth-order valence-electron chi connectivity index (χ4n) is 3.17. The highest BCUT2D eigenvalue weighted by molar-refractivity contribution is 7.99. The first-order chi connectivity index (χ1) is 15.1. The molecule has 8 heteroatoms. The lowest BCUT2D eigenvalue weighted by molar-refractivity contribution is -0.118. The van der Waals surface area contributed by atoms with Gasteiger partial charge in [-0.05, 0) is 48.5 Å². The molecule has 0 spiro atoms. The Labute approximate surface area is 189 Å². The number of carbonyl (C=O) groups excluding carboxylic acids is 1. The fraction of sp³-hybridized carbons (Fsp3) is 0.217. The van der Waals surface area contributed by atoms with E-state index in [0.29, 0.717) is 30.5 Å². The van der Waals surface area contributed by atoms with Gasteiger partial charge in [-0.15, -0.1) is 0 Å². The van der Waals surface area contributed by atoms with Crippen molar-refractivity contribution >= 4 is 40.3 Å². The first-order valence-electron chi connectivity index (χ1n) is 9.82. The van der Waals surface area contributed by atoms with Gasteiger partial charge >= 0.3 is 0 Å². The number of rotatable bonds is 9. The zero-order chi connectivity index (χ0) is 21.6. The first kappa shape index (κ1) is 21.5. The fourth-order valence-corrected chi connectivity index (χ4v) is 4.17. The molecule has 31 heavy (non-hydrogen) atoms. The highest BCUT2D eigenvalue weighted by Gasteiger charge is 2.13. The number of carbonyl (C=O) groups is 1. The largest absolute Gasteiger partial charge is 0.459 e. The number of nitrogens with one attached hydrogen (secondary N) is 1. The van der Waals surface area contributed by atoms with Crippen LogP contribution in [-0.4, -0.2) is 34.9 Å². The second-order valence-corrected chi connectivity index (χ2v) is 8.24. The van der Waals surface area contributed by atoms with E-state index in [1.165, 1.54) is 11.8 Å². The van der Waals surface area contributed by atoms with Crippen molar-refractivity contribution < 1.29 is 13.9 Å². The molecule has 0 saturated heterocycles. The van der Waals surface area contributed by atoms with Crippen LogP contribution in [0.1, 0.15) is 5.76 Å². The SMILES string of the molecule is COCCn1c(SCC(=O)NCc2ccc(-c3ccc(Cl)cc3)o2)nc2ccccc21. The molecule has 6 nitrogen and oxygen atoms in total. The number of aromatic nitrogens is 2. The topological polar surface area (TPSA) is 69.3 Å². The summed E-state index contributed by atoms with van der Waals surface area (Å²) in [5.41, 5.74) is 2.88. The van der Waals surface area contributed by atoms with E-state index in [2.05, 4.69) is 14.9 Å². The molecule has 0 unspecified atom stereocenters. The molecule has 0 fully saturated rings. The Morgan fingerprint density at radius 1 is 1.16 bits per heavy atom. The van der Waals surface area contributed by atoms with Crippen molar-refractivity contribution in [2.75, 3.05) is 19.5 Å². The minimum Gasteiger partial charge on any atom is -0.459 e. The lowest BCUT2D eigenvalue weighted by Crippen LogP contribution is -2.24. The third-order valence-electron chi connectivity index (χ3n) is 4.72. The first-order valence-corrected chi connectivity index (χ1v) is 11.2. The summed E-state index contributed by atoms with van der Waals surface area (Å²) in [5, 5.41) is 4.38. The van der Waals surface area contributed by atoms with Crippen molar-refractivity contribution in [3.05, 3.63) is 71.4 Å². The Kier molecular flexibility index (Phi) is 6.96. The molecule has 4 aromatic rings. The van der Waals surface area contributed by atoms with Crippen LogP contribution in [-0.2, 0) is 22.6 Å². The maximum atomic E-state index is 12.4. The van der Waals surface area contributed by atoms with Crippen molar-refractivity contribution in [3.63, 3.8) is 0 Å². The number of methoxy groups -OCH3 is 1. The number of thioether (sulfide) groups is 1. The van der Waals surface area contributed by atoms with E-state index in [-0.39, 0.29) is 11.7 Å². The molecule has 0 atom stereocenters. The number of fused-ring (bicyclic) bond motifs is 1. The Morgan fingerprint density at radius 3 is 2.77 bits per heavy atom. The van der Waals surface area contributed by atoms with Crippen LogP contribution in [0.4, 0.5) is 0 Å². The van der Waals surface area contributed by atoms with Crippen LogP contribution in [0.3, 0.4) is 0 Å². The van der Waals surface area contributed by atoms with E-state index in [0.717, 1.165) is 27.5 Å². The van der Waals surface area contributed by atoms with E-state index in [9.17, 15) is 4.79 Å². The number of furan rings is 1. The maximum absolute atomic E-state index is 12.4. The van der Waals surface area contributed by atoms with Gasteiger partial charge in [0.25, 0.3) is 0 Å². The van der Waals surface area contributed by atoms with Crippen LogP contribution in [0.5, 0.6) is 0 Å². The summed E-state index contributed by atoms with van der Waals surface area (Å²) in [6.45, 7) is 1.59. The monoisotopic (exact) mass is 455 g/mol. The van der Waals surface area contributed by atoms with Gasteiger partial charge in [-0.1, -0.05) is 35.5 Å². The molecule has 4 rings (SSSR count). The van der Waals surface area contributed by atoms with Gasteiger partial charge in [0.2, 0.25) is 5.91 Å². The zero-order valence-electron chi connectivity index (χ0n) is 17.0. The summed E-state index contributed by atoms with van der Waals surface area (Å²) in [6, 6.07) is 19.1. The van der Waals surface area contributed by atoms with E-state index in [1.54, 1.807) is 7.11 Å². The van der Waals surface area contributed by atoms with Gasteiger partial charge in [0.05, 0.1) is 29.9 Å². The van der Waals surface area contributed by atoms with Gasteiger partial charge in [0, 0.05) is 24.2 Å². The van der Waals surface area contributed by atoms with Gasteiger partial charge in [-0.2, -0.15) is 0 Å². The second-order valence-electron chi connectivity index (χ2n) is 6.87. The molecule has 1 N–H and O–H groups in total. The molecular formula is C23H22ClN3O3S. The quantitative estimate of drug-likeness (QED) is 0.359. The zero-order valence-corrected chi connectivity index (χ0v) is 18.6. The smallest absolute Gasteiger partial charge is 0.230 e. The number of para-hydroxylation sites is 2. The Bertz CT molecular complexity index is 1170. The molecular weight excluding hydrogens is 434 g/mol. The van der Waals surface area contributed by atoms with Crippen LogP contribution in [0, 0.1) is 0 Å². The minimum atomic E-state index is -0.0835. The van der Waals surface area contributed by atoms with E-state index in [1.807, 2.05) is 60.7 Å². The molecule has 160 valence electrons. The predicted octanol–water partition coefficient (Wildman–Crippen LogP) is 5.00. The summed E-state index contributed by atoms with van der Waals surface area (Å²) >= 11 is 7.34. The third-order valence-corrected chi connectivity index (χ3v) is 5.95. The molecule has 2 aromatic carbocycles. The highest BCUT2D eigenvalue weighted by atomic mass is 35.5. The molecule has 0 aliphatic rings. The molecule has 0 bridgehead atoms. The maximum Gasteiger partial charge on any atom is 0.230 e. The normalized spacial score (nSPS) is 11.2. The average molecular weight is 456 g/mol. The number of imidazole rings is 1. The number of halogens is 1. The highest BCUT2D eigenvalue weighted by Crippen LogP contribution is 2.25. The predicted molar refractivity (Wildman–Crippen MR) is 123 cm³/mol. The summed E-state index contributed by atoms with van der Waals surface area (Å²) in [6.07, 6.45) is 0. The van der Waals surface area contributed by atoms with Crippen LogP contribution in [0.25, 0.3) is 22.4 Å². The van der Waals surface area contributed by atoms with Crippen LogP contribution in [0.2, 0.25) is 5.02 Å². The molecule has 0 saturated carbocycles. The summed E-state index contributed by atoms with van der Waals surface area (Å²) < 4.78 is 13.1. The van der Waals surface area contributed by atoms with Gasteiger partial charge in [0.1, 0.15) is 11.5 Å². The van der Waals surface area contributed by atoms with E-state index in [4.69, 9.17) is 20.8 Å². The summed E-state index contributed by atoms with van der Waals surface area (Å²) in [4.78, 5) is 17.1. The van der Waals surface area contributed by atoms with Crippen molar-refractivity contribution in [1.29, 1.82) is 0 Å². The van der Waals surface area contributed by atoms with Crippen molar-refractivity contribution in [2.45, 2.75) is 18.2 Å². The van der Waals surface area contributed by atoms with Gasteiger partial charge in [-0.3, -0.25) is 4.79 Å². The average Bonchev–Trinajstić information content (AvgIpc) is 3.40. The lowest BCUT2D eigenvalue weighted by atomic mass is 10.2. The van der Waals surface area contributed by atoms with Crippen molar-refractivity contribution in [1.82, 2.24) is 14.9 Å². The van der Waals surface area contributed by atoms with Crippen LogP contribution < -0.4 is 5.32 Å². The minimum absolute atomic E-state index is 0.0835.